The summed E-state index contributed by atoms with van der Waals surface area (Å²) in [5.74, 6) is 0.125. The smallest absolute Gasteiger partial charge is 0.216 e. The van der Waals surface area contributed by atoms with Crippen LogP contribution in [0.2, 0.25) is 0 Å². The van der Waals surface area contributed by atoms with Gasteiger partial charge in [-0.2, -0.15) is 5.26 Å². The first-order valence-corrected chi connectivity index (χ1v) is 2.55. The Balaban J connectivity index is 2.90. The number of aliphatic imine (C=N–C) groups is 1. The maximum Gasteiger partial charge on any atom is 0.216 e. The summed E-state index contributed by atoms with van der Waals surface area (Å²) in [5, 5.41) is 8.08. The lowest BCUT2D eigenvalue weighted by atomic mass is 10.8. The third-order valence-corrected chi connectivity index (χ3v) is 0.933. The standard InChI is InChI=1S/C5H5N5/c6-3-9-5(7)10-2-1-8-4-10/h1-2,4H,(H2,7,9). The van der Waals surface area contributed by atoms with Crippen LogP contribution >= 0.6 is 0 Å². The highest BCUT2D eigenvalue weighted by atomic mass is 15.2. The molecule has 1 rings (SSSR count). The van der Waals surface area contributed by atoms with Gasteiger partial charge in [0.2, 0.25) is 12.2 Å². The largest absolute Gasteiger partial charge is 0.368 e. The molecule has 0 aliphatic rings. The van der Waals surface area contributed by atoms with Crippen LogP contribution in [0.3, 0.4) is 0 Å². The van der Waals surface area contributed by atoms with Gasteiger partial charge in [0.25, 0.3) is 0 Å². The number of nitrogens with zero attached hydrogens (tertiary/aromatic N) is 4. The van der Waals surface area contributed by atoms with Crippen molar-refractivity contribution in [3.05, 3.63) is 18.7 Å². The van der Waals surface area contributed by atoms with Gasteiger partial charge in [-0.05, 0) is 0 Å². The van der Waals surface area contributed by atoms with Crippen molar-refractivity contribution in [3.8, 4) is 6.19 Å². The molecule has 50 valence electrons. The van der Waals surface area contributed by atoms with Gasteiger partial charge in [-0.25, -0.2) is 4.98 Å². The molecular formula is C5H5N5. The van der Waals surface area contributed by atoms with E-state index in [1.807, 2.05) is 0 Å². The topological polar surface area (TPSA) is 80.0 Å². The minimum atomic E-state index is 0.125. The summed E-state index contributed by atoms with van der Waals surface area (Å²) in [7, 11) is 0. The highest BCUT2D eigenvalue weighted by Gasteiger charge is 1.91. The Morgan fingerprint density at radius 2 is 2.60 bits per heavy atom. The third kappa shape index (κ3) is 1.11. The first-order valence-electron chi connectivity index (χ1n) is 2.55. The number of imidazole rings is 1. The second-order valence-electron chi connectivity index (χ2n) is 1.54. The van der Waals surface area contributed by atoms with Gasteiger partial charge < -0.3 is 5.73 Å². The molecule has 5 nitrogen and oxygen atoms in total. The summed E-state index contributed by atoms with van der Waals surface area (Å²) in [6, 6.07) is 0. The molecule has 0 saturated carbocycles. The van der Waals surface area contributed by atoms with E-state index < -0.39 is 0 Å². The minimum absolute atomic E-state index is 0.125. The van der Waals surface area contributed by atoms with Crippen molar-refractivity contribution in [2.24, 2.45) is 10.7 Å². The molecule has 0 unspecified atom stereocenters. The fraction of sp³-hybridized carbons (Fsp3) is 0. The summed E-state index contributed by atoms with van der Waals surface area (Å²) in [5.41, 5.74) is 5.30. The Hall–Kier alpha value is -1.83. The highest BCUT2D eigenvalue weighted by Crippen LogP contribution is 1.81. The van der Waals surface area contributed by atoms with Crippen molar-refractivity contribution >= 4 is 5.96 Å². The van der Waals surface area contributed by atoms with Crippen LogP contribution < -0.4 is 5.73 Å². The highest BCUT2D eigenvalue weighted by molar-refractivity contribution is 5.80. The number of hydrogen-bond donors (Lipinski definition) is 1. The van der Waals surface area contributed by atoms with E-state index in [9.17, 15) is 0 Å². The fourth-order valence-corrected chi connectivity index (χ4v) is 0.504. The van der Waals surface area contributed by atoms with Crippen LogP contribution in [0.1, 0.15) is 0 Å². The molecule has 0 bridgehead atoms. The second-order valence-corrected chi connectivity index (χ2v) is 1.54. The quantitative estimate of drug-likeness (QED) is 0.296. The van der Waals surface area contributed by atoms with E-state index in [2.05, 4.69) is 9.98 Å². The van der Waals surface area contributed by atoms with Crippen molar-refractivity contribution in [2.45, 2.75) is 0 Å². The van der Waals surface area contributed by atoms with Crippen LogP contribution in [0, 0.1) is 11.5 Å². The number of nitriles is 1. The molecule has 0 radical (unpaired) electrons. The molecule has 2 N–H and O–H groups in total. The Kier molecular flexibility index (Phi) is 1.66. The maximum absolute atomic E-state index is 8.08. The van der Waals surface area contributed by atoms with Gasteiger partial charge in [-0.1, -0.05) is 0 Å². The Bertz CT molecular complexity index is 265. The van der Waals surface area contributed by atoms with E-state index >= 15 is 0 Å². The van der Waals surface area contributed by atoms with E-state index in [0.717, 1.165) is 0 Å². The molecule has 0 fully saturated rings. The van der Waals surface area contributed by atoms with Gasteiger partial charge in [0, 0.05) is 12.4 Å². The van der Waals surface area contributed by atoms with Crippen LogP contribution in [0.4, 0.5) is 0 Å². The molecule has 0 aliphatic heterocycles. The first-order chi connectivity index (χ1) is 4.84. The van der Waals surface area contributed by atoms with Crippen LogP contribution in [0.25, 0.3) is 0 Å². The zero-order chi connectivity index (χ0) is 7.40. The molecule has 0 aliphatic carbocycles. The summed E-state index contributed by atoms with van der Waals surface area (Å²) < 4.78 is 1.45. The first kappa shape index (κ1) is 6.29. The Labute approximate surface area is 57.4 Å². The number of rotatable bonds is 0. The maximum atomic E-state index is 8.08. The van der Waals surface area contributed by atoms with Crippen molar-refractivity contribution in [1.29, 1.82) is 5.26 Å². The van der Waals surface area contributed by atoms with Crippen LogP contribution in [0.5, 0.6) is 0 Å². The average Bonchev–Trinajstić information content (AvgIpc) is 2.38. The SMILES string of the molecule is N#CN=C(N)n1ccnc1. The average molecular weight is 135 g/mol. The van der Waals surface area contributed by atoms with Gasteiger partial charge in [-0.3, -0.25) is 4.57 Å². The molecule has 10 heavy (non-hydrogen) atoms. The molecular weight excluding hydrogens is 130 g/mol. The second kappa shape index (κ2) is 2.64. The lowest BCUT2D eigenvalue weighted by molar-refractivity contribution is 1.10. The summed E-state index contributed by atoms with van der Waals surface area (Å²) in [4.78, 5) is 7.01. The van der Waals surface area contributed by atoms with Crippen molar-refractivity contribution in [1.82, 2.24) is 9.55 Å². The van der Waals surface area contributed by atoms with Gasteiger partial charge >= 0.3 is 0 Å². The van der Waals surface area contributed by atoms with Crippen LogP contribution in [0.15, 0.2) is 23.7 Å². The predicted octanol–water partition coefficient (Wildman–Crippen LogP) is -0.473. The fourth-order valence-electron chi connectivity index (χ4n) is 0.504. The van der Waals surface area contributed by atoms with E-state index in [0.29, 0.717) is 0 Å². The number of nitrogens with two attached hydrogens (primary N) is 1. The van der Waals surface area contributed by atoms with Crippen molar-refractivity contribution < 1.29 is 0 Å². The number of hydrogen-bond acceptors (Lipinski definition) is 3. The zero-order valence-corrected chi connectivity index (χ0v) is 5.10. The van der Waals surface area contributed by atoms with Crippen LogP contribution in [-0.2, 0) is 0 Å². The predicted molar refractivity (Wildman–Crippen MR) is 34.9 cm³/mol. The lowest BCUT2D eigenvalue weighted by Gasteiger charge is -1.93. The minimum Gasteiger partial charge on any atom is -0.368 e. The molecule has 0 atom stereocenters. The molecule has 0 saturated heterocycles. The molecule has 0 spiro atoms. The zero-order valence-electron chi connectivity index (χ0n) is 5.10. The third-order valence-electron chi connectivity index (χ3n) is 0.933. The lowest BCUT2D eigenvalue weighted by Crippen LogP contribution is -2.20. The number of aromatic nitrogens is 2. The van der Waals surface area contributed by atoms with E-state index in [1.54, 1.807) is 18.6 Å². The van der Waals surface area contributed by atoms with E-state index in [-0.39, 0.29) is 5.96 Å². The Morgan fingerprint density at radius 3 is 3.10 bits per heavy atom. The van der Waals surface area contributed by atoms with Gasteiger partial charge in [-0.15, -0.1) is 4.99 Å². The van der Waals surface area contributed by atoms with Crippen molar-refractivity contribution in [3.63, 3.8) is 0 Å². The summed E-state index contributed by atoms with van der Waals surface area (Å²) in [6.07, 6.45) is 6.20. The molecule has 5 heteroatoms. The Morgan fingerprint density at radius 1 is 1.80 bits per heavy atom. The molecule has 0 aromatic carbocycles. The monoisotopic (exact) mass is 135 g/mol. The van der Waals surface area contributed by atoms with E-state index in [1.165, 1.54) is 10.9 Å². The van der Waals surface area contributed by atoms with E-state index in [4.69, 9.17) is 11.0 Å². The van der Waals surface area contributed by atoms with Gasteiger partial charge in [0.15, 0.2) is 0 Å². The summed E-state index contributed by atoms with van der Waals surface area (Å²) in [6.45, 7) is 0. The molecule has 0 amide bonds. The van der Waals surface area contributed by atoms with Crippen LogP contribution in [-0.4, -0.2) is 15.5 Å². The van der Waals surface area contributed by atoms with Gasteiger partial charge in [0.1, 0.15) is 6.33 Å². The normalized spacial score (nSPS) is 10.9. The molecule has 1 aromatic heterocycles. The van der Waals surface area contributed by atoms with Gasteiger partial charge in [0.05, 0.1) is 0 Å². The molecule has 1 heterocycles. The molecule has 1 aromatic rings. The van der Waals surface area contributed by atoms with Crippen molar-refractivity contribution in [2.75, 3.05) is 0 Å². The summed E-state index contributed by atoms with van der Waals surface area (Å²) >= 11 is 0.